The summed E-state index contributed by atoms with van der Waals surface area (Å²) in [5.74, 6) is 1.33. The van der Waals surface area contributed by atoms with Crippen molar-refractivity contribution in [3.05, 3.63) is 17.8 Å². The van der Waals surface area contributed by atoms with Crippen LogP contribution < -0.4 is 10.2 Å². The molecule has 1 aliphatic rings. The number of rotatable bonds is 4. The maximum absolute atomic E-state index is 9.20. The maximum Gasteiger partial charge on any atom is 0.169 e. The zero-order chi connectivity index (χ0) is 13.7. The Hall–Kier alpha value is -1.67. The molecule has 1 N–H and O–H groups in total. The zero-order valence-electron chi connectivity index (χ0n) is 11.6. The van der Waals surface area contributed by atoms with Crippen molar-refractivity contribution in [3.63, 3.8) is 0 Å². The van der Waals surface area contributed by atoms with Crippen LogP contribution >= 0.6 is 0 Å². The van der Waals surface area contributed by atoms with Gasteiger partial charge in [0.25, 0.3) is 0 Å². The van der Waals surface area contributed by atoms with E-state index in [-0.39, 0.29) is 0 Å². The van der Waals surface area contributed by atoms with E-state index < -0.39 is 0 Å². The molecule has 2 heterocycles. The molecule has 19 heavy (non-hydrogen) atoms. The number of hydrogen-bond acceptors (Lipinski definition) is 5. The number of hydrogen-bond donors (Lipinski definition) is 1. The Labute approximate surface area is 114 Å². The summed E-state index contributed by atoms with van der Waals surface area (Å²) in [5, 5.41) is 20.7. The van der Waals surface area contributed by atoms with E-state index in [1.54, 1.807) is 12.3 Å². The first-order chi connectivity index (χ1) is 9.22. The molecule has 2 rings (SSSR count). The van der Waals surface area contributed by atoms with Crippen LogP contribution in [0.15, 0.2) is 12.3 Å². The molecule has 1 aliphatic heterocycles. The predicted molar refractivity (Wildman–Crippen MR) is 74.8 cm³/mol. The standard InChI is InChI=1S/C14H21N5/c1-11(2)19(10-12-4-3-6-16-9-12)14-13(8-15)5-7-17-18-14/h5,7,11-12,16H,3-4,6,9-10H2,1-2H3. The van der Waals surface area contributed by atoms with Crippen LogP contribution in [0.4, 0.5) is 5.82 Å². The Morgan fingerprint density at radius 3 is 3.05 bits per heavy atom. The summed E-state index contributed by atoms with van der Waals surface area (Å²) in [6, 6.07) is 4.25. The quantitative estimate of drug-likeness (QED) is 0.889. The van der Waals surface area contributed by atoms with Crippen LogP contribution in [0.25, 0.3) is 0 Å². The second-order valence-corrected chi connectivity index (χ2v) is 5.34. The minimum Gasteiger partial charge on any atom is -0.351 e. The second-order valence-electron chi connectivity index (χ2n) is 5.34. The number of piperidine rings is 1. The maximum atomic E-state index is 9.20. The average molecular weight is 259 g/mol. The van der Waals surface area contributed by atoms with E-state index in [4.69, 9.17) is 0 Å². The Bertz CT molecular complexity index is 445. The van der Waals surface area contributed by atoms with Crippen LogP contribution in [0.2, 0.25) is 0 Å². The lowest BCUT2D eigenvalue weighted by molar-refractivity contribution is 0.370. The van der Waals surface area contributed by atoms with E-state index >= 15 is 0 Å². The van der Waals surface area contributed by atoms with Crippen molar-refractivity contribution in [3.8, 4) is 6.07 Å². The summed E-state index contributed by atoms with van der Waals surface area (Å²) in [4.78, 5) is 2.20. The van der Waals surface area contributed by atoms with E-state index in [1.165, 1.54) is 12.8 Å². The number of aromatic nitrogens is 2. The van der Waals surface area contributed by atoms with Crippen molar-refractivity contribution in [2.45, 2.75) is 32.7 Å². The Kier molecular flexibility index (Phi) is 4.69. The first kappa shape index (κ1) is 13.8. The molecule has 1 unspecified atom stereocenters. The molecular weight excluding hydrogens is 238 g/mol. The van der Waals surface area contributed by atoms with Crippen molar-refractivity contribution in [2.24, 2.45) is 5.92 Å². The van der Waals surface area contributed by atoms with Crippen LogP contribution in [-0.2, 0) is 0 Å². The predicted octanol–water partition coefficient (Wildman–Crippen LogP) is 1.56. The molecule has 1 aromatic rings. The smallest absolute Gasteiger partial charge is 0.169 e. The van der Waals surface area contributed by atoms with Gasteiger partial charge in [0.15, 0.2) is 5.82 Å². The highest BCUT2D eigenvalue weighted by molar-refractivity contribution is 5.53. The monoisotopic (exact) mass is 259 g/mol. The van der Waals surface area contributed by atoms with Crippen molar-refractivity contribution in [1.82, 2.24) is 15.5 Å². The summed E-state index contributed by atoms with van der Waals surface area (Å²) < 4.78 is 0. The zero-order valence-corrected chi connectivity index (χ0v) is 11.6. The van der Waals surface area contributed by atoms with Gasteiger partial charge in [-0.25, -0.2) is 0 Å². The largest absolute Gasteiger partial charge is 0.351 e. The molecule has 1 saturated heterocycles. The van der Waals surface area contributed by atoms with Crippen molar-refractivity contribution in [2.75, 3.05) is 24.5 Å². The fourth-order valence-corrected chi connectivity index (χ4v) is 2.52. The molecule has 5 nitrogen and oxygen atoms in total. The molecule has 1 atom stereocenters. The summed E-state index contributed by atoms with van der Waals surface area (Å²) in [7, 11) is 0. The number of nitrogens with one attached hydrogen (secondary N) is 1. The highest BCUT2D eigenvalue weighted by Gasteiger charge is 2.22. The van der Waals surface area contributed by atoms with Gasteiger partial charge in [-0.15, -0.1) is 5.10 Å². The summed E-state index contributed by atoms with van der Waals surface area (Å²) in [5.41, 5.74) is 0.604. The Morgan fingerprint density at radius 1 is 1.58 bits per heavy atom. The molecule has 0 amide bonds. The van der Waals surface area contributed by atoms with Gasteiger partial charge in [0, 0.05) is 12.6 Å². The van der Waals surface area contributed by atoms with Crippen molar-refractivity contribution < 1.29 is 0 Å². The molecule has 0 saturated carbocycles. The van der Waals surface area contributed by atoms with Gasteiger partial charge in [0.05, 0.1) is 11.8 Å². The van der Waals surface area contributed by atoms with E-state index in [0.717, 1.165) is 19.6 Å². The van der Waals surface area contributed by atoms with Crippen LogP contribution in [0.5, 0.6) is 0 Å². The van der Waals surface area contributed by atoms with Gasteiger partial charge in [0.2, 0.25) is 0 Å². The fraction of sp³-hybridized carbons (Fsp3) is 0.643. The van der Waals surface area contributed by atoms with Gasteiger partial charge in [-0.1, -0.05) is 0 Å². The van der Waals surface area contributed by atoms with E-state index in [0.29, 0.717) is 23.3 Å². The van der Waals surface area contributed by atoms with E-state index in [1.807, 2.05) is 0 Å². The third-order valence-corrected chi connectivity index (χ3v) is 3.57. The SMILES string of the molecule is CC(C)N(CC1CCCNC1)c1nnccc1C#N. The average Bonchev–Trinajstić information content (AvgIpc) is 2.45. The first-order valence-corrected chi connectivity index (χ1v) is 6.91. The highest BCUT2D eigenvalue weighted by Crippen LogP contribution is 2.21. The second kappa shape index (κ2) is 6.48. The Balaban J connectivity index is 2.17. The summed E-state index contributed by atoms with van der Waals surface area (Å²) in [6.45, 7) is 7.36. The van der Waals surface area contributed by atoms with E-state index in [9.17, 15) is 5.26 Å². The van der Waals surface area contributed by atoms with Gasteiger partial charge in [0.1, 0.15) is 6.07 Å². The molecule has 5 heteroatoms. The summed E-state index contributed by atoms with van der Waals surface area (Å²) in [6.07, 6.45) is 4.03. The molecule has 0 spiro atoms. The third kappa shape index (κ3) is 3.42. The lowest BCUT2D eigenvalue weighted by Crippen LogP contribution is -2.42. The van der Waals surface area contributed by atoms with Crippen LogP contribution in [-0.4, -0.2) is 35.9 Å². The minimum atomic E-state index is 0.311. The molecule has 1 fully saturated rings. The molecule has 0 aromatic carbocycles. The number of nitrogens with zero attached hydrogens (tertiary/aromatic N) is 4. The normalized spacial score (nSPS) is 19.2. The van der Waals surface area contributed by atoms with Gasteiger partial charge < -0.3 is 10.2 Å². The molecule has 1 aromatic heterocycles. The van der Waals surface area contributed by atoms with Gasteiger partial charge in [-0.05, 0) is 51.8 Å². The Morgan fingerprint density at radius 2 is 2.42 bits per heavy atom. The lowest BCUT2D eigenvalue weighted by atomic mass is 9.98. The third-order valence-electron chi connectivity index (χ3n) is 3.57. The minimum absolute atomic E-state index is 0.311. The lowest BCUT2D eigenvalue weighted by Gasteiger charge is -2.33. The fourth-order valence-electron chi connectivity index (χ4n) is 2.52. The van der Waals surface area contributed by atoms with Crippen LogP contribution in [0.3, 0.4) is 0 Å². The van der Waals surface area contributed by atoms with Gasteiger partial charge >= 0.3 is 0 Å². The molecule has 0 radical (unpaired) electrons. The van der Waals surface area contributed by atoms with Crippen molar-refractivity contribution >= 4 is 5.82 Å². The topological polar surface area (TPSA) is 64.8 Å². The molecule has 0 bridgehead atoms. The molecular formula is C14H21N5. The first-order valence-electron chi connectivity index (χ1n) is 6.91. The van der Waals surface area contributed by atoms with Gasteiger partial charge in [-0.2, -0.15) is 10.4 Å². The molecule has 0 aliphatic carbocycles. The van der Waals surface area contributed by atoms with Crippen LogP contribution in [0, 0.1) is 17.2 Å². The highest BCUT2D eigenvalue weighted by atomic mass is 15.3. The summed E-state index contributed by atoms with van der Waals surface area (Å²) >= 11 is 0. The van der Waals surface area contributed by atoms with Gasteiger partial charge in [-0.3, -0.25) is 0 Å². The number of nitriles is 1. The molecule has 102 valence electrons. The van der Waals surface area contributed by atoms with E-state index in [2.05, 4.69) is 40.3 Å². The van der Waals surface area contributed by atoms with Crippen molar-refractivity contribution in [1.29, 1.82) is 5.26 Å². The van der Waals surface area contributed by atoms with Crippen LogP contribution in [0.1, 0.15) is 32.3 Å². The number of anilines is 1.